The van der Waals surface area contributed by atoms with Crippen molar-refractivity contribution in [1.82, 2.24) is 9.97 Å². The lowest BCUT2D eigenvalue weighted by Gasteiger charge is -2.17. The van der Waals surface area contributed by atoms with E-state index in [-0.39, 0.29) is 17.7 Å². The average Bonchev–Trinajstić information content (AvgIpc) is 3.47. The van der Waals surface area contributed by atoms with Gasteiger partial charge in [-0.15, -0.1) is 0 Å². The molecule has 2 atom stereocenters. The highest BCUT2D eigenvalue weighted by Crippen LogP contribution is 2.39. The summed E-state index contributed by atoms with van der Waals surface area (Å²) in [6.07, 6.45) is 5.83. The number of nitriles is 1. The molecule has 1 amide bonds. The predicted octanol–water partition coefficient (Wildman–Crippen LogP) is 4.11. The van der Waals surface area contributed by atoms with Crippen LogP contribution in [0.2, 0.25) is 5.02 Å². The van der Waals surface area contributed by atoms with Crippen LogP contribution in [-0.2, 0) is 4.79 Å². The second-order valence-corrected chi connectivity index (χ2v) is 7.51. The van der Waals surface area contributed by atoms with Crippen molar-refractivity contribution >= 4 is 39.8 Å². The van der Waals surface area contributed by atoms with Gasteiger partial charge in [-0.3, -0.25) is 9.78 Å². The Balaban J connectivity index is 1.71. The topological polar surface area (TPSA) is 81.9 Å². The van der Waals surface area contributed by atoms with Gasteiger partial charge in [-0.2, -0.15) is 5.26 Å². The van der Waals surface area contributed by atoms with E-state index in [0.29, 0.717) is 17.3 Å². The minimum absolute atomic E-state index is 0.164. The highest BCUT2D eigenvalue weighted by atomic mass is 35.5. The second kappa shape index (κ2) is 7.10. The Morgan fingerprint density at radius 3 is 2.86 bits per heavy atom. The van der Waals surface area contributed by atoms with Crippen molar-refractivity contribution in [2.75, 3.05) is 24.3 Å². The summed E-state index contributed by atoms with van der Waals surface area (Å²) in [6, 6.07) is 9.79. The Morgan fingerprint density at radius 1 is 1.32 bits per heavy atom. The van der Waals surface area contributed by atoms with Gasteiger partial charge in [-0.05, 0) is 41.6 Å². The van der Waals surface area contributed by atoms with E-state index in [9.17, 15) is 4.79 Å². The zero-order chi connectivity index (χ0) is 19.8. The first-order chi connectivity index (χ1) is 13.5. The Hall–Kier alpha value is -3.17. The Bertz CT molecular complexity index is 1120. The van der Waals surface area contributed by atoms with Gasteiger partial charge >= 0.3 is 0 Å². The molecule has 28 heavy (non-hydrogen) atoms. The number of hydrogen-bond donors (Lipinski definition) is 1. The van der Waals surface area contributed by atoms with Gasteiger partial charge in [-0.1, -0.05) is 11.6 Å². The SMILES string of the molecule is CN(C)c1ccncc1-c1cc(Cl)c2cnc(NC(=O)[C@@H]3CC3C#N)cc2c1. The summed E-state index contributed by atoms with van der Waals surface area (Å²) in [5, 5.41) is 14.0. The molecule has 7 heteroatoms. The molecule has 1 fully saturated rings. The molecule has 1 aromatic carbocycles. The number of halogens is 1. The van der Waals surface area contributed by atoms with Gasteiger partial charge < -0.3 is 10.2 Å². The van der Waals surface area contributed by atoms with Crippen LogP contribution in [0.15, 0.2) is 42.9 Å². The molecule has 6 nitrogen and oxygen atoms in total. The second-order valence-electron chi connectivity index (χ2n) is 7.10. The van der Waals surface area contributed by atoms with Crippen LogP contribution in [0.25, 0.3) is 21.9 Å². The van der Waals surface area contributed by atoms with Crippen LogP contribution in [0.5, 0.6) is 0 Å². The van der Waals surface area contributed by atoms with Crippen molar-refractivity contribution in [2.24, 2.45) is 11.8 Å². The van der Waals surface area contributed by atoms with Crippen molar-refractivity contribution in [1.29, 1.82) is 5.26 Å². The number of pyridine rings is 2. The van der Waals surface area contributed by atoms with Crippen molar-refractivity contribution in [3.63, 3.8) is 0 Å². The minimum atomic E-state index is -0.240. The molecule has 4 rings (SSSR count). The number of rotatable bonds is 4. The minimum Gasteiger partial charge on any atom is -0.377 e. The van der Waals surface area contributed by atoms with E-state index in [2.05, 4.69) is 21.4 Å². The number of aromatic nitrogens is 2. The molecule has 2 aromatic heterocycles. The van der Waals surface area contributed by atoms with E-state index in [1.807, 2.05) is 43.4 Å². The summed E-state index contributed by atoms with van der Waals surface area (Å²) >= 11 is 6.50. The van der Waals surface area contributed by atoms with Gasteiger partial charge in [0, 0.05) is 49.3 Å². The molecule has 1 N–H and O–H groups in total. The molecule has 3 aromatic rings. The summed E-state index contributed by atoms with van der Waals surface area (Å²) in [4.78, 5) is 22.8. The quantitative estimate of drug-likeness (QED) is 0.723. The maximum absolute atomic E-state index is 12.2. The molecule has 140 valence electrons. The molecule has 1 aliphatic carbocycles. The van der Waals surface area contributed by atoms with E-state index in [1.54, 1.807) is 18.5 Å². The zero-order valence-corrected chi connectivity index (χ0v) is 16.2. The van der Waals surface area contributed by atoms with Gasteiger partial charge in [0.05, 0.1) is 22.9 Å². The van der Waals surface area contributed by atoms with Gasteiger partial charge in [0.1, 0.15) is 5.82 Å². The van der Waals surface area contributed by atoms with Gasteiger partial charge in [0.2, 0.25) is 5.91 Å². The molecular formula is C21H18ClN5O. The lowest BCUT2D eigenvalue weighted by atomic mass is 10.0. The maximum atomic E-state index is 12.2. The summed E-state index contributed by atoms with van der Waals surface area (Å²) in [7, 11) is 3.96. The van der Waals surface area contributed by atoms with Crippen LogP contribution in [0, 0.1) is 23.2 Å². The molecule has 0 aliphatic heterocycles. The van der Waals surface area contributed by atoms with E-state index >= 15 is 0 Å². The highest BCUT2D eigenvalue weighted by molar-refractivity contribution is 6.36. The first kappa shape index (κ1) is 18.2. The van der Waals surface area contributed by atoms with Crippen LogP contribution < -0.4 is 10.2 Å². The maximum Gasteiger partial charge on any atom is 0.230 e. The van der Waals surface area contributed by atoms with Gasteiger partial charge in [-0.25, -0.2) is 4.98 Å². The molecule has 1 aliphatic rings. The smallest absolute Gasteiger partial charge is 0.230 e. The normalized spacial score (nSPS) is 17.8. The van der Waals surface area contributed by atoms with Crippen LogP contribution in [0.4, 0.5) is 11.5 Å². The fourth-order valence-corrected chi connectivity index (χ4v) is 3.56. The molecular weight excluding hydrogens is 374 g/mol. The number of amides is 1. The molecule has 0 radical (unpaired) electrons. The Morgan fingerprint density at radius 2 is 2.14 bits per heavy atom. The lowest BCUT2D eigenvalue weighted by Crippen LogP contribution is -2.15. The number of nitrogens with zero attached hydrogens (tertiary/aromatic N) is 4. The van der Waals surface area contributed by atoms with Crippen LogP contribution in [0.3, 0.4) is 0 Å². The molecule has 1 saturated carbocycles. The number of anilines is 2. The number of benzene rings is 1. The predicted molar refractivity (Wildman–Crippen MR) is 110 cm³/mol. The Labute approximate surface area is 167 Å². The molecule has 2 heterocycles. The number of fused-ring (bicyclic) bond motifs is 1. The molecule has 0 bridgehead atoms. The van der Waals surface area contributed by atoms with Crippen molar-refractivity contribution in [3.05, 3.63) is 47.9 Å². The first-order valence-corrected chi connectivity index (χ1v) is 9.27. The monoisotopic (exact) mass is 391 g/mol. The lowest BCUT2D eigenvalue weighted by molar-refractivity contribution is -0.117. The number of hydrogen-bond acceptors (Lipinski definition) is 5. The summed E-state index contributed by atoms with van der Waals surface area (Å²) < 4.78 is 0. The molecule has 1 unspecified atom stereocenters. The number of carbonyl (C=O) groups excluding carboxylic acids is 1. The van der Waals surface area contributed by atoms with Crippen molar-refractivity contribution in [2.45, 2.75) is 6.42 Å². The van der Waals surface area contributed by atoms with E-state index in [4.69, 9.17) is 16.9 Å². The third-order valence-corrected chi connectivity index (χ3v) is 5.23. The first-order valence-electron chi connectivity index (χ1n) is 8.89. The molecule has 0 spiro atoms. The largest absolute Gasteiger partial charge is 0.377 e. The number of nitrogens with one attached hydrogen (secondary N) is 1. The van der Waals surface area contributed by atoms with Crippen molar-refractivity contribution < 1.29 is 4.79 Å². The fraction of sp³-hybridized carbons (Fsp3) is 0.238. The van der Waals surface area contributed by atoms with Gasteiger partial charge in [0.25, 0.3) is 0 Å². The highest BCUT2D eigenvalue weighted by Gasteiger charge is 2.43. The van der Waals surface area contributed by atoms with Crippen molar-refractivity contribution in [3.8, 4) is 17.2 Å². The summed E-state index contributed by atoms with van der Waals surface area (Å²) in [6.45, 7) is 0. The van der Waals surface area contributed by atoms with E-state index in [0.717, 1.165) is 27.6 Å². The fourth-order valence-electron chi connectivity index (χ4n) is 3.28. The molecule has 0 saturated heterocycles. The number of carbonyl (C=O) groups is 1. The van der Waals surface area contributed by atoms with E-state index in [1.165, 1.54) is 0 Å². The van der Waals surface area contributed by atoms with Crippen LogP contribution >= 0.6 is 11.6 Å². The third kappa shape index (κ3) is 3.37. The van der Waals surface area contributed by atoms with E-state index < -0.39 is 0 Å². The standard InChI is InChI=1S/C21H18ClN5O/c1-27(2)19-3-4-24-10-17(19)12-5-13-8-20(25-11-16(13)18(22)7-12)26-21(28)15-6-14(15)9-23/h3-5,7-8,10-11,14-15H,6H2,1-2H3,(H,25,26,28)/t14?,15-/m1/s1. The summed E-state index contributed by atoms with van der Waals surface area (Å²) in [5.41, 5.74) is 2.93. The zero-order valence-electron chi connectivity index (χ0n) is 15.5. The van der Waals surface area contributed by atoms with Crippen LogP contribution in [0.1, 0.15) is 6.42 Å². The van der Waals surface area contributed by atoms with Crippen LogP contribution in [-0.4, -0.2) is 30.0 Å². The van der Waals surface area contributed by atoms with Gasteiger partial charge in [0.15, 0.2) is 0 Å². The Kier molecular flexibility index (Phi) is 4.62. The third-order valence-electron chi connectivity index (χ3n) is 4.92. The summed E-state index contributed by atoms with van der Waals surface area (Å²) in [5.74, 6) is -0.136. The average molecular weight is 392 g/mol.